The second-order valence-corrected chi connectivity index (χ2v) is 11.7. The Bertz CT molecular complexity index is 1190. The fourth-order valence-electron chi connectivity index (χ4n) is 3.55. The number of thioether (sulfide) groups is 1. The Morgan fingerprint density at radius 2 is 1.71 bits per heavy atom. The van der Waals surface area contributed by atoms with Crippen LogP contribution in [0, 0.1) is 0 Å². The summed E-state index contributed by atoms with van der Waals surface area (Å²) in [7, 11) is -3.26. The Morgan fingerprint density at radius 1 is 1.03 bits per heavy atom. The molecule has 1 amide bonds. The Kier molecular flexibility index (Phi) is 10.8. The number of aromatic nitrogens is 1. The standard InChI is InChI=1S/C24H31N3O3S3.ClH/c1-5-26(6-2)15-16-27(24-25-23-20(31-4)9-8-10-21(23)32-24)22(28)17-18-11-13-19(14-12-18)33(29,30)7-3;/h8-14H,5-7,15-17H2,1-4H3;1H. The van der Waals surface area contributed by atoms with Crippen LogP contribution >= 0.6 is 35.5 Å². The number of thiazole rings is 1. The van der Waals surface area contributed by atoms with Gasteiger partial charge in [-0.25, -0.2) is 13.4 Å². The van der Waals surface area contributed by atoms with Gasteiger partial charge in [0.05, 0.1) is 27.3 Å². The quantitative estimate of drug-likeness (QED) is 0.313. The number of fused-ring (bicyclic) bond motifs is 1. The molecule has 10 heteroatoms. The monoisotopic (exact) mass is 541 g/mol. The van der Waals surface area contributed by atoms with Crippen molar-refractivity contribution >= 4 is 66.6 Å². The van der Waals surface area contributed by atoms with Crippen LogP contribution in [-0.4, -0.2) is 62.4 Å². The molecule has 0 spiro atoms. The molecule has 0 bridgehead atoms. The summed E-state index contributed by atoms with van der Waals surface area (Å²) >= 11 is 3.18. The fraction of sp³-hybridized carbons (Fsp3) is 0.417. The van der Waals surface area contributed by atoms with E-state index in [9.17, 15) is 13.2 Å². The summed E-state index contributed by atoms with van der Waals surface area (Å²) in [5, 5.41) is 0.703. The lowest BCUT2D eigenvalue weighted by Crippen LogP contribution is -2.39. The summed E-state index contributed by atoms with van der Waals surface area (Å²) in [4.78, 5) is 23.7. The average molecular weight is 542 g/mol. The third kappa shape index (κ3) is 6.73. The molecular formula is C24H32ClN3O3S3. The zero-order valence-corrected chi connectivity index (χ0v) is 23.2. The maximum absolute atomic E-state index is 13.4. The highest BCUT2D eigenvalue weighted by atomic mass is 35.5. The van der Waals surface area contributed by atoms with Crippen molar-refractivity contribution in [3.8, 4) is 0 Å². The highest BCUT2D eigenvalue weighted by Gasteiger charge is 2.22. The van der Waals surface area contributed by atoms with Crippen molar-refractivity contribution in [2.45, 2.75) is 37.0 Å². The van der Waals surface area contributed by atoms with Gasteiger partial charge in [-0.05, 0) is 49.2 Å². The molecule has 1 aromatic heterocycles. The van der Waals surface area contributed by atoms with Crippen LogP contribution in [0.15, 0.2) is 52.3 Å². The molecule has 0 aliphatic carbocycles. The summed E-state index contributed by atoms with van der Waals surface area (Å²) < 4.78 is 25.2. The molecule has 1 heterocycles. The normalized spacial score (nSPS) is 11.6. The van der Waals surface area contributed by atoms with Crippen LogP contribution in [0.1, 0.15) is 26.3 Å². The van der Waals surface area contributed by atoms with Gasteiger partial charge in [0.1, 0.15) is 0 Å². The van der Waals surface area contributed by atoms with Crippen molar-refractivity contribution in [1.82, 2.24) is 9.88 Å². The van der Waals surface area contributed by atoms with Gasteiger partial charge in [-0.2, -0.15) is 0 Å². The number of amides is 1. The van der Waals surface area contributed by atoms with Crippen LogP contribution in [-0.2, 0) is 21.1 Å². The van der Waals surface area contributed by atoms with Gasteiger partial charge in [-0.15, -0.1) is 24.2 Å². The minimum absolute atomic E-state index is 0. The van der Waals surface area contributed by atoms with Crippen molar-refractivity contribution < 1.29 is 13.2 Å². The van der Waals surface area contributed by atoms with Crippen LogP contribution in [0.3, 0.4) is 0 Å². The molecule has 2 aromatic carbocycles. The first-order valence-corrected chi connectivity index (χ1v) is 14.8. The minimum Gasteiger partial charge on any atom is -0.302 e. The Labute approximate surface area is 217 Å². The molecule has 0 saturated heterocycles. The molecule has 0 N–H and O–H groups in total. The first kappa shape index (κ1) is 28.6. The van der Waals surface area contributed by atoms with E-state index in [0.717, 1.165) is 40.3 Å². The van der Waals surface area contributed by atoms with Gasteiger partial charge in [-0.3, -0.25) is 9.69 Å². The van der Waals surface area contributed by atoms with Crippen molar-refractivity contribution in [2.24, 2.45) is 0 Å². The van der Waals surface area contributed by atoms with Crippen molar-refractivity contribution in [3.63, 3.8) is 0 Å². The summed E-state index contributed by atoms with van der Waals surface area (Å²) in [6, 6.07) is 12.7. The number of carbonyl (C=O) groups excluding carboxylic acids is 1. The maximum atomic E-state index is 13.4. The van der Waals surface area contributed by atoms with Gasteiger partial charge in [0, 0.05) is 18.0 Å². The number of benzene rings is 2. The first-order valence-electron chi connectivity index (χ1n) is 11.1. The molecule has 186 valence electrons. The Balaban J connectivity index is 0.00000408. The van der Waals surface area contributed by atoms with Crippen LogP contribution in [0.4, 0.5) is 5.13 Å². The molecule has 3 aromatic rings. The van der Waals surface area contributed by atoms with E-state index in [1.54, 1.807) is 47.9 Å². The second-order valence-electron chi connectivity index (χ2n) is 7.60. The van der Waals surface area contributed by atoms with E-state index in [4.69, 9.17) is 4.98 Å². The van der Waals surface area contributed by atoms with Gasteiger partial charge < -0.3 is 4.90 Å². The SMILES string of the molecule is CCN(CC)CCN(C(=O)Cc1ccc(S(=O)(=O)CC)cc1)c1nc2c(SC)cccc2s1.Cl. The van der Waals surface area contributed by atoms with E-state index in [-0.39, 0.29) is 35.4 Å². The summed E-state index contributed by atoms with van der Waals surface area (Å²) in [5.41, 5.74) is 1.72. The third-order valence-corrected chi connectivity index (χ3v) is 9.24. The number of carbonyl (C=O) groups is 1. The predicted octanol–water partition coefficient (Wildman–Crippen LogP) is 5.15. The van der Waals surface area contributed by atoms with E-state index in [0.29, 0.717) is 11.7 Å². The van der Waals surface area contributed by atoms with Crippen LogP contribution in [0.25, 0.3) is 10.2 Å². The highest BCUT2D eigenvalue weighted by molar-refractivity contribution is 7.98. The summed E-state index contributed by atoms with van der Waals surface area (Å²) in [5.74, 6) is 0.0121. The number of para-hydroxylation sites is 1. The van der Waals surface area contributed by atoms with Crippen LogP contribution < -0.4 is 4.90 Å². The smallest absolute Gasteiger partial charge is 0.233 e. The maximum Gasteiger partial charge on any atom is 0.233 e. The minimum atomic E-state index is -3.26. The first-order chi connectivity index (χ1) is 15.8. The van der Waals surface area contributed by atoms with Crippen molar-refractivity contribution in [2.75, 3.05) is 43.1 Å². The predicted molar refractivity (Wildman–Crippen MR) is 147 cm³/mol. The fourth-order valence-corrected chi connectivity index (χ4v) is 6.10. The molecular weight excluding hydrogens is 510 g/mol. The molecule has 34 heavy (non-hydrogen) atoms. The van der Waals surface area contributed by atoms with E-state index < -0.39 is 9.84 Å². The molecule has 0 aliphatic heterocycles. The van der Waals surface area contributed by atoms with Crippen LogP contribution in [0.5, 0.6) is 0 Å². The number of hydrogen-bond donors (Lipinski definition) is 0. The Hall–Kier alpha value is -1.65. The topological polar surface area (TPSA) is 70.6 Å². The number of likely N-dealkylation sites (N-methyl/N-ethyl adjacent to an activating group) is 1. The molecule has 0 atom stereocenters. The van der Waals surface area contributed by atoms with E-state index in [1.165, 1.54) is 11.3 Å². The number of anilines is 1. The third-order valence-electron chi connectivity index (χ3n) is 5.67. The second kappa shape index (κ2) is 12.9. The average Bonchev–Trinajstić information content (AvgIpc) is 3.26. The zero-order chi connectivity index (χ0) is 24.0. The molecule has 0 saturated carbocycles. The molecule has 0 radical (unpaired) electrons. The number of hydrogen-bond acceptors (Lipinski definition) is 7. The van der Waals surface area contributed by atoms with Crippen molar-refractivity contribution in [3.05, 3.63) is 48.0 Å². The van der Waals surface area contributed by atoms with Gasteiger partial charge >= 0.3 is 0 Å². The van der Waals surface area contributed by atoms with Crippen molar-refractivity contribution in [1.29, 1.82) is 0 Å². The molecule has 0 unspecified atom stereocenters. The number of sulfone groups is 1. The molecule has 3 rings (SSSR count). The lowest BCUT2D eigenvalue weighted by atomic mass is 10.1. The van der Waals surface area contributed by atoms with E-state index >= 15 is 0 Å². The molecule has 0 fully saturated rings. The highest BCUT2D eigenvalue weighted by Crippen LogP contribution is 2.34. The summed E-state index contributed by atoms with van der Waals surface area (Å²) in [6.07, 6.45) is 2.22. The number of halogens is 1. The number of rotatable bonds is 11. The zero-order valence-electron chi connectivity index (χ0n) is 20.0. The van der Waals surface area contributed by atoms with Gasteiger partial charge in [0.15, 0.2) is 15.0 Å². The van der Waals surface area contributed by atoms with Gasteiger partial charge in [-0.1, -0.05) is 50.3 Å². The Morgan fingerprint density at radius 3 is 2.29 bits per heavy atom. The number of nitrogens with zero attached hydrogens (tertiary/aromatic N) is 3. The lowest BCUT2D eigenvalue weighted by molar-refractivity contribution is -0.118. The van der Waals surface area contributed by atoms with Gasteiger partial charge in [0.2, 0.25) is 5.91 Å². The summed E-state index contributed by atoms with van der Waals surface area (Å²) in [6.45, 7) is 9.01. The van der Waals surface area contributed by atoms with Gasteiger partial charge in [0.25, 0.3) is 0 Å². The molecule has 0 aliphatic rings. The van der Waals surface area contributed by atoms with Crippen LogP contribution in [0.2, 0.25) is 0 Å². The lowest BCUT2D eigenvalue weighted by Gasteiger charge is -2.24. The largest absolute Gasteiger partial charge is 0.302 e. The van der Waals surface area contributed by atoms with E-state index in [2.05, 4.69) is 18.7 Å². The molecule has 6 nitrogen and oxygen atoms in total. The van der Waals surface area contributed by atoms with E-state index in [1.807, 2.05) is 24.5 Å².